The van der Waals surface area contributed by atoms with Crippen LogP contribution in [-0.4, -0.2) is 55.0 Å². The highest BCUT2D eigenvalue weighted by Gasteiger charge is 2.20. The van der Waals surface area contributed by atoms with Gasteiger partial charge < -0.3 is 10.2 Å². The lowest BCUT2D eigenvalue weighted by molar-refractivity contribution is -0.132. The number of amides is 1. The van der Waals surface area contributed by atoms with Gasteiger partial charge in [0, 0.05) is 32.7 Å². The predicted molar refractivity (Wildman–Crippen MR) is 90.7 cm³/mol. The van der Waals surface area contributed by atoms with Crippen molar-refractivity contribution in [2.24, 2.45) is 0 Å². The molecule has 0 saturated carbocycles. The van der Waals surface area contributed by atoms with Crippen molar-refractivity contribution in [3.8, 4) is 0 Å². The van der Waals surface area contributed by atoms with Crippen LogP contribution in [0.25, 0.3) is 0 Å². The number of benzene rings is 1. The average Bonchev–Trinajstić information content (AvgIpc) is 2.56. The van der Waals surface area contributed by atoms with Crippen molar-refractivity contribution in [1.29, 1.82) is 0 Å². The van der Waals surface area contributed by atoms with E-state index < -0.39 is 0 Å². The Morgan fingerprint density at radius 2 is 1.82 bits per heavy atom. The fourth-order valence-electron chi connectivity index (χ4n) is 2.80. The third kappa shape index (κ3) is 5.78. The molecule has 1 aliphatic rings. The Bertz CT molecular complexity index is 427. The summed E-state index contributed by atoms with van der Waals surface area (Å²) >= 11 is 0. The van der Waals surface area contributed by atoms with Crippen LogP contribution >= 0.6 is 0 Å². The summed E-state index contributed by atoms with van der Waals surface area (Å²) in [7, 11) is 0. The van der Waals surface area contributed by atoms with E-state index in [0.29, 0.717) is 6.54 Å². The molecule has 1 fully saturated rings. The number of carbonyl (C=O) groups excluding carboxylic acids is 1. The summed E-state index contributed by atoms with van der Waals surface area (Å²) in [6.45, 7) is 8.26. The van der Waals surface area contributed by atoms with Crippen molar-refractivity contribution in [1.82, 2.24) is 15.1 Å². The second kappa shape index (κ2) is 9.59. The Morgan fingerprint density at radius 3 is 2.50 bits per heavy atom. The average molecular weight is 303 g/mol. The molecule has 0 aromatic heterocycles. The fraction of sp³-hybridized carbons (Fsp3) is 0.611. The van der Waals surface area contributed by atoms with Gasteiger partial charge in [0.2, 0.25) is 5.91 Å². The van der Waals surface area contributed by atoms with Crippen molar-refractivity contribution >= 4 is 5.91 Å². The summed E-state index contributed by atoms with van der Waals surface area (Å²) in [5.74, 6) is 0.246. The van der Waals surface area contributed by atoms with Crippen LogP contribution < -0.4 is 5.32 Å². The first-order chi connectivity index (χ1) is 10.8. The Kier molecular flexibility index (Phi) is 7.40. The van der Waals surface area contributed by atoms with E-state index >= 15 is 0 Å². The second-order valence-corrected chi connectivity index (χ2v) is 6.03. The molecule has 2 rings (SSSR count). The number of nitrogens with zero attached hydrogens (tertiary/aromatic N) is 2. The third-order valence-corrected chi connectivity index (χ3v) is 4.21. The van der Waals surface area contributed by atoms with E-state index in [1.54, 1.807) is 0 Å². The molecule has 1 aromatic carbocycles. The van der Waals surface area contributed by atoms with E-state index in [2.05, 4.69) is 41.4 Å². The van der Waals surface area contributed by atoms with Gasteiger partial charge in [-0.1, -0.05) is 50.1 Å². The van der Waals surface area contributed by atoms with Crippen molar-refractivity contribution in [2.45, 2.75) is 32.7 Å². The minimum absolute atomic E-state index is 0.246. The Hall–Kier alpha value is -1.39. The molecule has 4 heteroatoms. The van der Waals surface area contributed by atoms with Crippen molar-refractivity contribution in [3.05, 3.63) is 35.9 Å². The molecular formula is C18H29N3O. The molecule has 4 nitrogen and oxygen atoms in total. The highest BCUT2D eigenvalue weighted by atomic mass is 16.2. The summed E-state index contributed by atoms with van der Waals surface area (Å²) in [4.78, 5) is 16.6. The van der Waals surface area contributed by atoms with Crippen LogP contribution in [0.5, 0.6) is 0 Å². The van der Waals surface area contributed by atoms with Crippen LogP contribution in [0.15, 0.2) is 30.3 Å². The predicted octanol–water partition coefficient (Wildman–Crippen LogP) is 2.11. The van der Waals surface area contributed by atoms with Gasteiger partial charge in [-0.05, 0) is 18.5 Å². The Balaban J connectivity index is 1.63. The van der Waals surface area contributed by atoms with Crippen molar-refractivity contribution in [2.75, 3.05) is 39.3 Å². The first-order valence-electron chi connectivity index (χ1n) is 8.54. The maximum absolute atomic E-state index is 12.1. The topological polar surface area (TPSA) is 35.6 Å². The number of hydrogen-bond acceptors (Lipinski definition) is 3. The summed E-state index contributed by atoms with van der Waals surface area (Å²) in [6, 6.07) is 10.5. The van der Waals surface area contributed by atoms with Crippen LogP contribution in [0.2, 0.25) is 0 Å². The quantitative estimate of drug-likeness (QED) is 0.747. The molecule has 0 bridgehead atoms. The van der Waals surface area contributed by atoms with Gasteiger partial charge in [0.25, 0.3) is 0 Å². The number of carbonyl (C=O) groups is 1. The molecule has 0 aliphatic carbocycles. The van der Waals surface area contributed by atoms with Gasteiger partial charge in [0.1, 0.15) is 0 Å². The zero-order valence-electron chi connectivity index (χ0n) is 13.8. The minimum Gasteiger partial charge on any atom is -0.339 e. The molecule has 0 atom stereocenters. The lowest BCUT2D eigenvalue weighted by Crippen LogP contribution is -2.50. The molecule has 22 heavy (non-hydrogen) atoms. The molecular weight excluding hydrogens is 274 g/mol. The maximum atomic E-state index is 12.1. The highest BCUT2D eigenvalue weighted by Crippen LogP contribution is 2.08. The fourth-order valence-corrected chi connectivity index (χ4v) is 2.80. The molecule has 122 valence electrons. The summed E-state index contributed by atoms with van der Waals surface area (Å²) < 4.78 is 0. The molecule has 1 amide bonds. The number of hydrogen-bond donors (Lipinski definition) is 1. The van der Waals surface area contributed by atoms with Gasteiger partial charge in [0.05, 0.1) is 6.54 Å². The van der Waals surface area contributed by atoms with Crippen LogP contribution in [0.4, 0.5) is 0 Å². The minimum atomic E-state index is 0.246. The van der Waals surface area contributed by atoms with E-state index in [-0.39, 0.29) is 5.91 Å². The molecule has 1 aliphatic heterocycles. The molecule has 1 aromatic rings. The van der Waals surface area contributed by atoms with Crippen molar-refractivity contribution in [3.63, 3.8) is 0 Å². The van der Waals surface area contributed by atoms with Crippen LogP contribution in [0.1, 0.15) is 31.7 Å². The summed E-state index contributed by atoms with van der Waals surface area (Å²) in [5, 5.41) is 3.26. The summed E-state index contributed by atoms with van der Waals surface area (Å²) in [6.07, 6.45) is 3.62. The van der Waals surface area contributed by atoms with Crippen LogP contribution in [0, 0.1) is 0 Å². The zero-order valence-corrected chi connectivity index (χ0v) is 13.8. The van der Waals surface area contributed by atoms with E-state index in [1.165, 1.54) is 18.4 Å². The van der Waals surface area contributed by atoms with E-state index in [0.717, 1.165) is 45.7 Å². The smallest absolute Gasteiger partial charge is 0.236 e. The van der Waals surface area contributed by atoms with Gasteiger partial charge in [-0.25, -0.2) is 0 Å². The van der Waals surface area contributed by atoms with Gasteiger partial charge >= 0.3 is 0 Å². The monoisotopic (exact) mass is 303 g/mol. The first-order valence-corrected chi connectivity index (χ1v) is 8.54. The highest BCUT2D eigenvalue weighted by molar-refractivity contribution is 5.78. The zero-order chi connectivity index (χ0) is 15.6. The SMILES string of the molecule is CCCCCNCC(=O)N1CCN(Cc2ccccc2)CC1. The standard InChI is InChI=1S/C18H29N3O/c1-2-3-7-10-19-15-18(22)21-13-11-20(12-14-21)16-17-8-5-4-6-9-17/h4-6,8-9,19H,2-3,7,10-16H2,1H3. The lowest BCUT2D eigenvalue weighted by atomic mass is 10.2. The molecule has 1 N–H and O–H groups in total. The Labute approximate surface area is 134 Å². The number of nitrogens with one attached hydrogen (secondary N) is 1. The molecule has 0 unspecified atom stereocenters. The van der Waals surface area contributed by atoms with E-state index in [4.69, 9.17) is 0 Å². The van der Waals surface area contributed by atoms with E-state index in [1.807, 2.05) is 11.0 Å². The van der Waals surface area contributed by atoms with Crippen LogP contribution in [0.3, 0.4) is 0 Å². The second-order valence-electron chi connectivity index (χ2n) is 6.03. The maximum Gasteiger partial charge on any atom is 0.236 e. The summed E-state index contributed by atoms with van der Waals surface area (Å²) in [5.41, 5.74) is 1.35. The molecule has 0 radical (unpaired) electrons. The number of unbranched alkanes of at least 4 members (excludes halogenated alkanes) is 2. The molecule has 1 saturated heterocycles. The Morgan fingerprint density at radius 1 is 1.09 bits per heavy atom. The van der Waals surface area contributed by atoms with Gasteiger partial charge in [-0.3, -0.25) is 9.69 Å². The first kappa shape index (κ1) is 17.0. The van der Waals surface area contributed by atoms with Gasteiger partial charge in [0.15, 0.2) is 0 Å². The molecule has 0 spiro atoms. The number of piperazine rings is 1. The number of rotatable bonds is 8. The van der Waals surface area contributed by atoms with E-state index in [9.17, 15) is 4.79 Å². The van der Waals surface area contributed by atoms with Crippen LogP contribution in [-0.2, 0) is 11.3 Å². The molecule has 1 heterocycles. The van der Waals surface area contributed by atoms with Gasteiger partial charge in [-0.15, -0.1) is 0 Å². The normalized spacial score (nSPS) is 16.0. The largest absolute Gasteiger partial charge is 0.339 e. The third-order valence-electron chi connectivity index (χ3n) is 4.21. The van der Waals surface area contributed by atoms with Crippen molar-refractivity contribution < 1.29 is 4.79 Å². The van der Waals surface area contributed by atoms with Gasteiger partial charge in [-0.2, -0.15) is 0 Å². The lowest BCUT2D eigenvalue weighted by Gasteiger charge is -2.34.